The quantitative estimate of drug-likeness (QED) is 0.782. The first-order valence-corrected chi connectivity index (χ1v) is 6.31. The lowest BCUT2D eigenvalue weighted by molar-refractivity contribution is -0.127. The number of methoxy groups -OCH3 is 1. The molecule has 0 heterocycles. The Morgan fingerprint density at radius 1 is 1.00 bits per heavy atom. The largest absolute Gasteiger partial charge is 0.465 e. The Labute approximate surface area is 126 Å². The van der Waals surface area contributed by atoms with E-state index in [1.54, 1.807) is 0 Å². The molecule has 0 radical (unpaired) electrons. The fourth-order valence-corrected chi connectivity index (χ4v) is 1.42. The lowest BCUT2D eigenvalue weighted by atomic mass is 10.1. The molecule has 3 amide bonds. The van der Waals surface area contributed by atoms with E-state index >= 15 is 0 Å². The number of ether oxygens (including phenoxy) is 2. The SMILES string of the molecule is CNC(=O)NC(=O)[C@@H](C)OC(=O)c1ccc(C(=O)OC)cc1. The zero-order valence-electron chi connectivity index (χ0n) is 12.3. The van der Waals surface area contributed by atoms with Gasteiger partial charge in [0.2, 0.25) is 0 Å². The minimum absolute atomic E-state index is 0.159. The van der Waals surface area contributed by atoms with Gasteiger partial charge >= 0.3 is 18.0 Å². The number of nitrogens with one attached hydrogen (secondary N) is 2. The molecule has 0 aliphatic carbocycles. The average molecular weight is 308 g/mol. The maximum absolute atomic E-state index is 11.8. The van der Waals surface area contributed by atoms with Crippen molar-refractivity contribution < 1.29 is 28.7 Å². The Kier molecular flexibility index (Phi) is 6.06. The Morgan fingerprint density at radius 2 is 1.50 bits per heavy atom. The summed E-state index contributed by atoms with van der Waals surface area (Å²) in [5.74, 6) is -2.03. The first-order chi connectivity index (χ1) is 10.4. The third kappa shape index (κ3) is 4.58. The zero-order chi connectivity index (χ0) is 16.7. The van der Waals surface area contributed by atoms with Gasteiger partial charge in [-0.05, 0) is 31.2 Å². The van der Waals surface area contributed by atoms with Crippen LogP contribution >= 0.6 is 0 Å². The highest BCUT2D eigenvalue weighted by Crippen LogP contribution is 2.08. The van der Waals surface area contributed by atoms with Crippen molar-refractivity contribution in [3.05, 3.63) is 35.4 Å². The summed E-state index contributed by atoms with van der Waals surface area (Å²) < 4.78 is 9.46. The van der Waals surface area contributed by atoms with Gasteiger partial charge < -0.3 is 14.8 Å². The van der Waals surface area contributed by atoms with E-state index in [1.807, 2.05) is 5.32 Å². The molecular weight excluding hydrogens is 292 g/mol. The van der Waals surface area contributed by atoms with Crippen LogP contribution in [0, 0.1) is 0 Å². The van der Waals surface area contributed by atoms with Crippen LogP contribution < -0.4 is 10.6 Å². The maximum atomic E-state index is 11.8. The summed E-state index contributed by atoms with van der Waals surface area (Å²) in [6, 6.07) is 4.85. The number of hydrogen-bond donors (Lipinski definition) is 2. The van der Waals surface area contributed by atoms with E-state index in [0.717, 1.165) is 0 Å². The smallest absolute Gasteiger partial charge is 0.338 e. The van der Waals surface area contributed by atoms with E-state index in [9.17, 15) is 19.2 Å². The van der Waals surface area contributed by atoms with Gasteiger partial charge in [0.25, 0.3) is 5.91 Å². The molecule has 118 valence electrons. The average Bonchev–Trinajstić information content (AvgIpc) is 2.53. The summed E-state index contributed by atoms with van der Waals surface area (Å²) in [7, 11) is 2.60. The molecule has 1 atom stereocenters. The van der Waals surface area contributed by atoms with Crippen LogP contribution in [0.3, 0.4) is 0 Å². The van der Waals surface area contributed by atoms with Crippen LogP contribution in [0.2, 0.25) is 0 Å². The summed E-state index contributed by atoms with van der Waals surface area (Å²) in [6.45, 7) is 1.33. The number of urea groups is 1. The monoisotopic (exact) mass is 308 g/mol. The van der Waals surface area contributed by atoms with Crippen molar-refractivity contribution in [1.82, 2.24) is 10.6 Å². The number of esters is 2. The van der Waals surface area contributed by atoms with Crippen LogP contribution in [0.1, 0.15) is 27.6 Å². The van der Waals surface area contributed by atoms with Gasteiger partial charge in [-0.2, -0.15) is 0 Å². The van der Waals surface area contributed by atoms with Crippen LogP contribution in [0.5, 0.6) is 0 Å². The van der Waals surface area contributed by atoms with Crippen LogP contribution in [0.4, 0.5) is 4.79 Å². The van der Waals surface area contributed by atoms with Crippen molar-refractivity contribution >= 4 is 23.9 Å². The van der Waals surface area contributed by atoms with Crippen molar-refractivity contribution in [2.45, 2.75) is 13.0 Å². The molecule has 0 unspecified atom stereocenters. The lowest BCUT2D eigenvalue weighted by Crippen LogP contribution is -2.43. The fourth-order valence-electron chi connectivity index (χ4n) is 1.42. The van der Waals surface area contributed by atoms with Crippen molar-refractivity contribution in [3.8, 4) is 0 Å². The Bertz CT molecular complexity index is 582. The minimum atomic E-state index is -1.15. The van der Waals surface area contributed by atoms with Crippen LogP contribution in [0.15, 0.2) is 24.3 Å². The number of carbonyl (C=O) groups is 4. The number of carbonyl (C=O) groups excluding carboxylic acids is 4. The van der Waals surface area contributed by atoms with Crippen molar-refractivity contribution in [2.24, 2.45) is 0 Å². The molecule has 0 saturated heterocycles. The van der Waals surface area contributed by atoms with E-state index in [-0.39, 0.29) is 11.1 Å². The molecule has 1 aromatic carbocycles. The Balaban J connectivity index is 2.66. The van der Waals surface area contributed by atoms with Gasteiger partial charge in [-0.25, -0.2) is 14.4 Å². The summed E-state index contributed by atoms with van der Waals surface area (Å²) in [6.07, 6.45) is -1.15. The molecule has 1 aromatic rings. The molecule has 22 heavy (non-hydrogen) atoms. The summed E-state index contributed by atoms with van der Waals surface area (Å²) in [4.78, 5) is 45.6. The first kappa shape index (κ1) is 17.2. The third-order valence-corrected chi connectivity index (χ3v) is 2.66. The normalized spacial score (nSPS) is 11.0. The number of benzene rings is 1. The second-order valence-corrected chi connectivity index (χ2v) is 4.18. The number of hydrogen-bond acceptors (Lipinski definition) is 6. The van der Waals surface area contributed by atoms with Crippen LogP contribution in [0.25, 0.3) is 0 Å². The van der Waals surface area contributed by atoms with E-state index in [2.05, 4.69) is 10.1 Å². The van der Waals surface area contributed by atoms with Gasteiger partial charge in [0.15, 0.2) is 6.10 Å². The minimum Gasteiger partial charge on any atom is -0.465 e. The van der Waals surface area contributed by atoms with Gasteiger partial charge in [0.1, 0.15) is 0 Å². The van der Waals surface area contributed by atoms with Crippen LogP contribution in [-0.2, 0) is 14.3 Å². The molecule has 0 aliphatic heterocycles. The lowest BCUT2D eigenvalue weighted by Gasteiger charge is -2.12. The summed E-state index contributed by atoms with van der Waals surface area (Å²) >= 11 is 0. The molecule has 0 aliphatic rings. The van der Waals surface area contributed by atoms with Gasteiger partial charge in [0, 0.05) is 7.05 Å². The Morgan fingerprint density at radius 3 is 1.95 bits per heavy atom. The second kappa shape index (κ2) is 7.77. The van der Waals surface area contributed by atoms with Crippen LogP contribution in [-0.4, -0.2) is 44.1 Å². The van der Waals surface area contributed by atoms with E-state index in [0.29, 0.717) is 0 Å². The molecule has 0 aromatic heterocycles. The van der Waals surface area contributed by atoms with Crippen molar-refractivity contribution in [3.63, 3.8) is 0 Å². The first-order valence-electron chi connectivity index (χ1n) is 6.31. The van der Waals surface area contributed by atoms with Gasteiger partial charge in [-0.15, -0.1) is 0 Å². The highest BCUT2D eigenvalue weighted by atomic mass is 16.5. The molecule has 1 rings (SSSR count). The standard InChI is InChI=1S/C14H16N2O6/c1-8(11(17)16-14(20)15-2)22-13(19)10-6-4-9(5-7-10)12(18)21-3/h4-8H,1-3H3,(H2,15,16,17,20)/t8-/m1/s1. The van der Waals surface area contributed by atoms with E-state index in [1.165, 1.54) is 45.3 Å². The highest BCUT2D eigenvalue weighted by molar-refractivity contribution is 5.98. The third-order valence-electron chi connectivity index (χ3n) is 2.66. The zero-order valence-corrected chi connectivity index (χ0v) is 12.3. The number of amides is 3. The molecule has 8 nitrogen and oxygen atoms in total. The van der Waals surface area contributed by atoms with Gasteiger partial charge in [0.05, 0.1) is 18.2 Å². The van der Waals surface area contributed by atoms with Gasteiger partial charge in [-0.1, -0.05) is 0 Å². The molecule has 8 heteroatoms. The summed E-state index contributed by atoms with van der Waals surface area (Å²) in [5, 5.41) is 4.19. The molecule has 0 saturated carbocycles. The van der Waals surface area contributed by atoms with E-state index < -0.39 is 30.0 Å². The van der Waals surface area contributed by atoms with E-state index in [4.69, 9.17) is 4.74 Å². The Hall–Kier alpha value is -2.90. The number of rotatable bonds is 4. The molecular formula is C14H16N2O6. The predicted molar refractivity (Wildman–Crippen MR) is 75.3 cm³/mol. The molecule has 0 fully saturated rings. The summed E-state index contributed by atoms with van der Waals surface area (Å²) in [5.41, 5.74) is 0.441. The van der Waals surface area contributed by atoms with Crippen molar-refractivity contribution in [1.29, 1.82) is 0 Å². The topological polar surface area (TPSA) is 111 Å². The second-order valence-electron chi connectivity index (χ2n) is 4.18. The maximum Gasteiger partial charge on any atom is 0.338 e. The van der Waals surface area contributed by atoms with Crippen molar-refractivity contribution in [2.75, 3.05) is 14.2 Å². The fraction of sp³-hybridized carbons (Fsp3) is 0.286. The highest BCUT2D eigenvalue weighted by Gasteiger charge is 2.20. The molecule has 2 N–H and O–H groups in total. The molecule has 0 spiro atoms. The molecule has 0 bridgehead atoms. The predicted octanol–water partition coefficient (Wildman–Crippen LogP) is 0.474. The number of imide groups is 1. The van der Waals surface area contributed by atoms with Gasteiger partial charge in [-0.3, -0.25) is 10.1 Å².